The normalized spacial score (nSPS) is 34.1. The molecule has 10 atom stereocenters. The van der Waals surface area contributed by atoms with Crippen molar-refractivity contribution >= 4 is 11.4 Å². The predicted molar refractivity (Wildman–Crippen MR) is 142 cm³/mol. The minimum absolute atomic E-state index is 0.0548. The van der Waals surface area contributed by atoms with Gasteiger partial charge in [-0.3, -0.25) is 4.79 Å². The van der Waals surface area contributed by atoms with Gasteiger partial charge in [-0.15, -0.1) is 0 Å². The molecule has 0 unspecified atom stereocenters. The summed E-state index contributed by atoms with van der Waals surface area (Å²) in [6, 6.07) is 5.75. The van der Waals surface area contributed by atoms with Crippen LogP contribution in [0.15, 0.2) is 36.1 Å². The molecular weight excluding hydrogens is 592 g/mol. The first-order valence-electron chi connectivity index (χ1n) is 13.5. The van der Waals surface area contributed by atoms with E-state index in [0.717, 1.165) is 18.2 Å². The third-order valence-corrected chi connectivity index (χ3v) is 7.78. The number of Topliss-reactive ketones (excluding diaryl/α,β-unsaturated/α-hetero) is 1. The molecule has 44 heavy (non-hydrogen) atoms. The predicted octanol–water partition coefficient (Wildman–Crippen LogP) is -2.70. The van der Waals surface area contributed by atoms with E-state index in [1.165, 1.54) is 12.1 Å². The van der Waals surface area contributed by atoms with Gasteiger partial charge in [0.2, 0.25) is 12.1 Å². The van der Waals surface area contributed by atoms with E-state index in [1.807, 2.05) is 0 Å². The fourth-order valence-electron chi connectivity index (χ4n) is 5.41. The standard InChI is InChI=1S/C28H32O16/c29-7-16-19(35)22(38)24(40)27(41-16)44-26-23(39)20(36)17(8-30)42-28(26)43-25-12(9-1-2-13(32)14(33)5-9)4-10-3-11(31)6-15(34)18(10)21(25)37/h1-3,5-6,16-17,19-20,22-24,26-36,38-40H,4,7-8H2/t16-,17-,19-,20-,22+,23+,24-,26-,27+,28+/m1/s1. The van der Waals surface area contributed by atoms with E-state index in [4.69, 9.17) is 18.9 Å². The van der Waals surface area contributed by atoms with Crippen LogP contribution in [0.5, 0.6) is 23.0 Å². The number of allylic oxidation sites excluding steroid dienone is 2. The molecule has 0 radical (unpaired) electrons. The van der Waals surface area contributed by atoms with Crippen molar-refractivity contribution in [1.82, 2.24) is 0 Å². The van der Waals surface area contributed by atoms with Crippen LogP contribution in [0.4, 0.5) is 0 Å². The highest BCUT2D eigenvalue weighted by molar-refractivity contribution is 6.16. The van der Waals surface area contributed by atoms with E-state index < -0.39 is 103 Å². The van der Waals surface area contributed by atoms with Gasteiger partial charge in [0.05, 0.1) is 18.8 Å². The number of phenolic OH excluding ortho intramolecular Hbond substituents is 4. The molecule has 2 aromatic rings. The lowest BCUT2D eigenvalue weighted by atomic mass is 9.85. The summed E-state index contributed by atoms with van der Waals surface area (Å²) in [5, 5.41) is 112. The van der Waals surface area contributed by atoms with Crippen LogP contribution in [0.2, 0.25) is 0 Å². The lowest BCUT2D eigenvalue weighted by molar-refractivity contribution is -0.362. The second kappa shape index (κ2) is 12.4. The van der Waals surface area contributed by atoms with E-state index in [-0.39, 0.29) is 34.4 Å². The summed E-state index contributed by atoms with van der Waals surface area (Å²) in [6.45, 7) is -1.63. The summed E-state index contributed by atoms with van der Waals surface area (Å²) < 4.78 is 22.6. The van der Waals surface area contributed by atoms with E-state index in [2.05, 4.69) is 0 Å². The maximum absolute atomic E-state index is 13.8. The highest BCUT2D eigenvalue weighted by Gasteiger charge is 2.52. The molecule has 16 heteroatoms. The highest BCUT2D eigenvalue weighted by atomic mass is 16.8. The molecule has 2 aromatic carbocycles. The molecule has 3 aliphatic rings. The number of fused-ring (bicyclic) bond motifs is 1. The summed E-state index contributed by atoms with van der Waals surface area (Å²) in [7, 11) is 0. The Kier molecular flexibility index (Phi) is 9.01. The van der Waals surface area contributed by atoms with Gasteiger partial charge in [0.1, 0.15) is 54.2 Å². The Morgan fingerprint density at radius 1 is 0.727 bits per heavy atom. The van der Waals surface area contributed by atoms with Crippen molar-refractivity contribution in [2.24, 2.45) is 0 Å². The molecule has 240 valence electrons. The molecule has 5 rings (SSSR count). The number of hydrogen-bond acceptors (Lipinski definition) is 16. The topological polar surface area (TPSA) is 277 Å². The second-order valence-electron chi connectivity index (χ2n) is 10.6. The van der Waals surface area contributed by atoms with Crippen molar-refractivity contribution in [3.05, 3.63) is 52.8 Å². The first-order valence-corrected chi connectivity index (χ1v) is 13.5. The zero-order chi connectivity index (χ0) is 32.0. The van der Waals surface area contributed by atoms with Crippen LogP contribution in [0.1, 0.15) is 21.5 Å². The van der Waals surface area contributed by atoms with Gasteiger partial charge in [-0.2, -0.15) is 0 Å². The number of phenols is 4. The number of aromatic hydroxyl groups is 4. The van der Waals surface area contributed by atoms with Gasteiger partial charge < -0.3 is 75.1 Å². The van der Waals surface area contributed by atoms with Crippen molar-refractivity contribution in [2.75, 3.05) is 13.2 Å². The van der Waals surface area contributed by atoms with Crippen LogP contribution >= 0.6 is 0 Å². The van der Waals surface area contributed by atoms with Crippen molar-refractivity contribution in [1.29, 1.82) is 0 Å². The molecule has 16 nitrogen and oxygen atoms in total. The maximum Gasteiger partial charge on any atom is 0.232 e. The van der Waals surface area contributed by atoms with E-state index in [9.17, 15) is 61.0 Å². The SMILES string of the molecule is O=C1C(O[C@@H]2O[C@H](CO)[C@@H](O)[C@H](O)[C@H]2O[C@@H]2O[C@H](CO)[C@@H](O)[C@H](O)[C@H]2O)=C(c2ccc(O)c(O)c2)Cc2cc(O)cc(O)c21. The summed E-state index contributed by atoms with van der Waals surface area (Å²) in [5.41, 5.74) is 0.119. The van der Waals surface area contributed by atoms with E-state index in [0.29, 0.717) is 0 Å². The molecule has 0 bridgehead atoms. The van der Waals surface area contributed by atoms with Gasteiger partial charge in [-0.25, -0.2) is 0 Å². The number of carbonyl (C=O) groups excluding carboxylic acids is 1. The molecule has 0 aromatic heterocycles. The summed E-state index contributed by atoms with van der Waals surface area (Å²) in [6.07, 6.45) is -17.9. The van der Waals surface area contributed by atoms with Crippen molar-refractivity contribution in [2.45, 2.75) is 67.8 Å². The van der Waals surface area contributed by atoms with Gasteiger partial charge in [0.15, 0.2) is 29.7 Å². The van der Waals surface area contributed by atoms with Gasteiger partial charge in [-0.1, -0.05) is 6.07 Å². The smallest absolute Gasteiger partial charge is 0.232 e. The van der Waals surface area contributed by atoms with Crippen molar-refractivity contribution < 1.29 is 79.9 Å². The largest absolute Gasteiger partial charge is 0.508 e. The van der Waals surface area contributed by atoms with Crippen LogP contribution < -0.4 is 0 Å². The monoisotopic (exact) mass is 624 g/mol. The first-order chi connectivity index (χ1) is 20.9. The lowest BCUT2D eigenvalue weighted by Crippen LogP contribution is -2.64. The number of hydrogen-bond donors (Lipinski definition) is 11. The van der Waals surface area contributed by atoms with Crippen molar-refractivity contribution in [3.8, 4) is 23.0 Å². The molecule has 11 N–H and O–H groups in total. The molecule has 1 aliphatic carbocycles. The Balaban J connectivity index is 1.57. The van der Waals surface area contributed by atoms with Gasteiger partial charge >= 0.3 is 0 Å². The number of rotatable bonds is 7. The van der Waals surface area contributed by atoms with E-state index >= 15 is 0 Å². The minimum atomic E-state index is -1.93. The van der Waals surface area contributed by atoms with Gasteiger partial charge in [-0.05, 0) is 29.3 Å². The number of carbonyl (C=O) groups is 1. The quantitative estimate of drug-likeness (QED) is 0.140. The van der Waals surface area contributed by atoms with Crippen LogP contribution in [-0.2, 0) is 25.4 Å². The molecule has 0 saturated carbocycles. The van der Waals surface area contributed by atoms with Gasteiger partial charge in [0.25, 0.3) is 0 Å². The Labute approximate surface area is 248 Å². The summed E-state index contributed by atoms with van der Waals surface area (Å²) in [4.78, 5) is 13.8. The average Bonchev–Trinajstić information content (AvgIpc) is 2.98. The highest BCUT2D eigenvalue weighted by Crippen LogP contribution is 2.42. The number of aliphatic hydroxyl groups excluding tert-OH is 7. The number of benzene rings is 2. The zero-order valence-corrected chi connectivity index (χ0v) is 22.7. The van der Waals surface area contributed by atoms with Crippen LogP contribution in [0.3, 0.4) is 0 Å². The van der Waals surface area contributed by atoms with Crippen molar-refractivity contribution in [3.63, 3.8) is 0 Å². The Morgan fingerprint density at radius 3 is 2.00 bits per heavy atom. The lowest BCUT2D eigenvalue weighted by Gasteiger charge is -2.46. The van der Waals surface area contributed by atoms with Crippen LogP contribution in [-0.4, -0.2) is 137 Å². The Morgan fingerprint density at radius 2 is 1.36 bits per heavy atom. The molecule has 2 saturated heterocycles. The third kappa shape index (κ3) is 5.68. The first kappa shape index (κ1) is 31.9. The second-order valence-corrected chi connectivity index (χ2v) is 10.6. The zero-order valence-electron chi connectivity index (χ0n) is 22.7. The number of ketones is 1. The molecule has 0 spiro atoms. The number of aliphatic hydroxyl groups is 7. The minimum Gasteiger partial charge on any atom is -0.508 e. The van der Waals surface area contributed by atoms with Gasteiger partial charge in [0, 0.05) is 18.1 Å². The molecule has 2 heterocycles. The third-order valence-electron chi connectivity index (χ3n) is 7.78. The fourth-order valence-corrected chi connectivity index (χ4v) is 5.41. The average molecular weight is 625 g/mol. The Hall–Kier alpha value is -3.55. The summed E-state index contributed by atoms with van der Waals surface area (Å²) >= 11 is 0. The van der Waals surface area contributed by atoms with Crippen LogP contribution in [0.25, 0.3) is 5.57 Å². The van der Waals surface area contributed by atoms with Crippen LogP contribution in [0, 0.1) is 0 Å². The Bertz CT molecular complexity index is 1420. The molecule has 0 amide bonds. The fraction of sp³-hybridized carbons (Fsp3) is 0.464. The molecular formula is C28H32O16. The number of ether oxygens (including phenoxy) is 4. The molecule has 2 aliphatic heterocycles. The van der Waals surface area contributed by atoms with E-state index in [1.54, 1.807) is 0 Å². The molecule has 2 fully saturated rings. The summed E-state index contributed by atoms with van der Waals surface area (Å²) in [5.74, 6) is -3.43. The maximum atomic E-state index is 13.8.